The molecule has 0 fully saturated rings. The van der Waals surface area contributed by atoms with Gasteiger partial charge in [0, 0.05) is 31.1 Å². The number of nitrogens with zero attached hydrogens (tertiary/aromatic N) is 1. The average Bonchev–Trinajstić information content (AvgIpc) is 2.28. The number of rotatable bonds is 7. The molecule has 0 atom stereocenters. The number of hydrogen-bond donors (Lipinski definition) is 1. The Morgan fingerprint density at radius 2 is 2.16 bits per heavy atom. The van der Waals surface area contributed by atoms with E-state index in [-0.39, 0.29) is 5.82 Å². The van der Waals surface area contributed by atoms with Gasteiger partial charge in [0.25, 0.3) is 0 Å². The molecule has 1 rings (SSSR count). The summed E-state index contributed by atoms with van der Waals surface area (Å²) >= 11 is 11.0. The predicted molar refractivity (Wildman–Crippen MR) is 82.9 cm³/mol. The topological polar surface area (TPSA) is 29.3 Å². The fraction of sp³-hybridized carbons (Fsp3) is 0.500. The summed E-state index contributed by atoms with van der Waals surface area (Å²) in [7, 11) is 0. The summed E-state index contributed by atoms with van der Waals surface area (Å²) in [4.78, 5) is 2.75. The molecule has 0 aliphatic heterocycles. The lowest BCUT2D eigenvalue weighted by Crippen LogP contribution is -2.30. The molecular formula is C14H20ClFN2S. The monoisotopic (exact) mass is 302 g/mol. The van der Waals surface area contributed by atoms with E-state index in [2.05, 4.69) is 18.7 Å². The van der Waals surface area contributed by atoms with E-state index in [1.165, 1.54) is 12.1 Å². The van der Waals surface area contributed by atoms with Gasteiger partial charge in [-0.25, -0.2) is 4.39 Å². The first-order chi connectivity index (χ1) is 8.88. The first-order valence-corrected chi connectivity index (χ1v) is 7.11. The molecule has 2 nitrogen and oxygen atoms in total. The summed E-state index contributed by atoms with van der Waals surface area (Å²) in [6, 6.07) is 4.51. The van der Waals surface area contributed by atoms with Gasteiger partial charge in [0.1, 0.15) is 5.82 Å². The molecule has 2 N–H and O–H groups in total. The van der Waals surface area contributed by atoms with E-state index in [1.807, 2.05) is 0 Å². The van der Waals surface area contributed by atoms with Crippen LogP contribution in [-0.4, -0.2) is 23.0 Å². The Labute approximate surface area is 124 Å². The third-order valence-corrected chi connectivity index (χ3v) is 3.26. The molecule has 0 heterocycles. The highest BCUT2D eigenvalue weighted by Crippen LogP contribution is 2.19. The van der Waals surface area contributed by atoms with E-state index in [1.54, 1.807) is 6.07 Å². The molecule has 0 saturated carbocycles. The summed E-state index contributed by atoms with van der Waals surface area (Å²) < 4.78 is 13.0. The van der Waals surface area contributed by atoms with Crippen molar-refractivity contribution in [2.24, 2.45) is 11.7 Å². The van der Waals surface area contributed by atoms with Crippen molar-refractivity contribution in [2.45, 2.75) is 26.8 Å². The maximum atomic E-state index is 13.0. The van der Waals surface area contributed by atoms with E-state index in [4.69, 9.17) is 29.6 Å². The van der Waals surface area contributed by atoms with Gasteiger partial charge in [-0.3, -0.25) is 4.90 Å². The molecule has 106 valence electrons. The summed E-state index contributed by atoms with van der Waals surface area (Å²) in [5, 5.41) is 0.462. The summed E-state index contributed by atoms with van der Waals surface area (Å²) in [5.41, 5.74) is 6.47. The van der Waals surface area contributed by atoms with Crippen molar-refractivity contribution in [3.05, 3.63) is 34.6 Å². The van der Waals surface area contributed by atoms with Crippen molar-refractivity contribution >= 4 is 28.8 Å². The first kappa shape index (κ1) is 16.3. The Bertz CT molecular complexity index is 437. The SMILES string of the molecule is CC(C)CN(CCC(N)=S)Cc1ccc(F)cc1Cl. The summed E-state index contributed by atoms with van der Waals surface area (Å²) in [6.45, 7) is 6.71. The number of halogens is 2. The first-order valence-electron chi connectivity index (χ1n) is 6.33. The van der Waals surface area contributed by atoms with Gasteiger partial charge >= 0.3 is 0 Å². The molecular weight excluding hydrogens is 283 g/mol. The van der Waals surface area contributed by atoms with Crippen molar-refractivity contribution < 1.29 is 4.39 Å². The lowest BCUT2D eigenvalue weighted by Gasteiger charge is -2.24. The lowest BCUT2D eigenvalue weighted by atomic mass is 10.1. The fourth-order valence-electron chi connectivity index (χ4n) is 1.91. The van der Waals surface area contributed by atoms with Crippen LogP contribution in [0.2, 0.25) is 5.02 Å². The second-order valence-electron chi connectivity index (χ2n) is 5.08. The van der Waals surface area contributed by atoms with Gasteiger partial charge in [0.2, 0.25) is 0 Å². The van der Waals surface area contributed by atoms with Gasteiger partial charge in [-0.15, -0.1) is 0 Å². The predicted octanol–water partition coefficient (Wildman–Crippen LogP) is 3.61. The van der Waals surface area contributed by atoms with Crippen molar-refractivity contribution in [1.82, 2.24) is 4.90 Å². The van der Waals surface area contributed by atoms with Crippen LogP contribution < -0.4 is 5.73 Å². The number of nitrogens with two attached hydrogens (primary N) is 1. The van der Waals surface area contributed by atoms with Gasteiger partial charge < -0.3 is 5.73 Å². The van der Waals surface area contributed by atoms with Crippen LogP contribution in [0.5, 0.6) is 0 Å². The zero-order chi connectivity index (χ0) is 14.4. The van der Waals surface area contributed by atoms with Crippen LogP contribution in [0.25, 0.3) is 0 Å². The minimum absolute atomic E-state index is 0.313. The molecule has 0 bridgehead atoms. The standard InChI is InChI=1S/C14H20ClFN2S/c1-10(2)8-18(6-5-14(17)19)9-11-3-4-12(16)7-13(11)15/h3-4,7,10H,5-6,8-9H2,1-2H3,(H2,17,19). The van der Waals surface area contributed by atoms with Crippen molar-refractivity contribution in [1.29, 1.82) is 0 Å². The van der Waals surface area contributed by atoms with Crippen LogP contribution in [0.3, 0.4) is 0 Å². The van der Waals surface area contributed by atoms with Gasteiger partial charge in [0.15, 0.2) is 0 Å². The molecule has 0 spiro atoms. The van der Waals surface area contributed by atoms with Gasteiger partial charge in [-0.2, -0.15) is 0 Å². The normalized spacial score (nSPS) is 11.3. The maximum Gasteiger partial charge on any atom is 0.124 e. The third kappa shape index (κ3) is 6.32. The van der Waals surface area contributed by atoms with Crippen molar-refractivity contribution in [2.75, 3.05) is 13.1 Å². The molecule has 0 aliphatic carbocycles. The molecule has 0 aromatic heterocycles. The molecule has 0 unspecified atom stereocenters. The molecule has 19 heavy (non-hydrogen) atoms. The summed E-state index contributed by atoms with van der Waals surface area (Å²) in [6.07, 6.45) is 0.681. The Balaban J connectivity index is 2.72. The lowest BCUT2D eigenvalue weighted by molar-refractivity contribution is 0.243. The van der Waals surface area contributed by atoms with Gasteiger partial charge in [-0.1, -0.05) is 43.7 Å². The molecule has 5 heteroatoms. The van der Waals surface area contributed by atoms with Crippen LogP contribution in [0.15, 0.2) is 18.2 Å². The van der Waals surface area contributed by atoms with Crippen LogP contribution in [0.1, 0.15) is 25.8 Å². The smallest absolute Gasteiger partial charge is 0.124 e. The number of thiocarbonyl (C=S) groups is 1. The molecule has 1 aromatic rings. The minimum Gasteiger partial charge on any atom is -0.393 e. The van der Waals surface area contributed by atoms with E-state index in [9.17, 15) is 4.39 Å². The van der Waals surface area contributed by atoms with Crippen molar-refractivity contribution in [3.8, 4) is 0 Å². The maximum absolute atomic E-state index is 13.0. The van der Waals surface area contributed by atoms with Crippen LogP contribution >= 0.6 is 23.8 Å². The number of hydrogen-bond acceptors (Lipinski definition) is 2. The average molecular weight is 303 g/mol. The minimum atomic E-state index is -0.313. The Morgan fingerprint density at radius 1 is 1.47 bits per heavy atom. The summed E-state index contributed by atoms with van der Waals surface area (Å²) in [5.74, 6) is 0.220. The second-order valence-corrected chi connectivity index (χ2v) is 6.01. The number of benzene rings is 1. The largest absolute Gasteiger partial charge is 0.393 e. The fourth-order valence-corrected chi connectivity index (χ4v) is 2.23. The van der Waals surface area contributed by atoms with Crippen LogP contribution in [0.4, 0.5) is 4.39 Å². The Hall–Kier alpha value is -0.710. The highest BCUT2D eigenvalue weighted by Gasteiger charge is 2.11. The van der Waals surface area contributed by atoms with E-state index < -0.39 is 0 Å². The zero-order valence-corrected chi connectivity index (χ0v) is 12.9. The zero-order valence-electron chi connectivity index (χ0n) is 11.3. The Kier molecular flexibility index (Phi) is 6.69. The highest BCUT2D eigenvalue weighted by atomic mass is 35.5. The van der Waals surface area contributed by atoms with E-state index in [0.717, 1.165) is 18.7 Å². The molecule has 0 radical (unpaired) electrons. The quantitative estimate of drug-likeness (QED) is 0.780. The molecule has 1 aromatic carbocycles. The molecule has 0 saturated heterocycles. The Morgan fingerprint density at radius 3 is 2.68 bits per heavy atom. The second kappa shape index (κ2) is 7.78. The van der Waals surface area contributed by atoms with Crippen LogP contribution in [0, 0.1) is 11.7 Å². The molecule has 0 aliphatic rings. The van der Waals surface area contributed by atoms with Gasteiger partial charge in [0.05, 0.1) is 4.99 Å². The van der Waals surface area contributed by atoms with Gasteiger partial charge in [-0.05, 0) is 23.6 Å². The van der Waals surface area contributed by atoms with E-state index in [0.29, 0.717) is 28.9 Å². The molecule has 0 amide bonds. The van der Waals surface area contributed by atoms with Crippen LogP contribution in [-0.2, 0) is 6.54 Å². The van der Waals surface area contributed by atoms with Crippen molar-refractivity contribution in [3.63, 3.8) is 0 Å². The van der Waals surface area contributed by atoms with E-state index >= 15 is 0 Å². The highest BCUT2D eigenvalue weighted by molar-refractivity contribution is 7.80. The third-order valence-electron chi connectivity index (χ3n) is 2.71.